The second-order valence-corrected chi connectivity index (χ2v) is 8.49. The number of carboxylic acids is 4. The quantitative estimate of drug-likeness (QED) is 0.271. The van der Waals surface area contributed by atoms with Crippen molar-refractivity contribution < 1.29 is 39.6 Å². The number of rotatable bonds is 10. The van der Waals surface area contributed by atoms with Crippen molar-refractivity contribution in [2.24, 2.45) is 5.73 Å². The number of pyridine rings is 1. The topological polar surface area (TPSA) is 198 Å². The summed E-state index contributed by atoms with van der Waals surface area (Å²) in [6.45, 7) is 2.43. The maximum atomic E-state index is 11.9. The molecule has 1 aliphatic rings. The molecule has 0 fully saturated rings. The highest BCUT2D eigenvalue weighted by Crippen LogP contribution is 2.16. The minimum atomic E-state index is -1.33. The maximum Gasteiger partial charge on any atom is 0.321 e. The Kier molecular flexibility index (Phi) is 10.5. The highest BCUT2D eigenvalue weighted by atomic mass is 16.4. The zero-order chi connectivity index (χ0) is 26.1. The molecule has 13 heteroatoms. The summed E-state index contributed by atoms with van der Waals surface area (Å²) >= 11 is 0. The van der Waals surface area contributed by atoms with E-state index in [9.17, 15) is 39.6 Å². The molecule has 3 atom stereocenters. The molecular weight excluding hydrogens is 462 g/mol. The van der Waals surface area contributed by atoms with Gasteiger partial charge in [0.25, 0.3) is 0 Å². The summed E-state index contributed by atoms with van der Waals surface area (Å²) in [5.74, 6) is -4.69. The van der Waals surface area contributed by atoms with Gasteiger partial charge in [-0.1, -0.05) is 6.07 Å². The van der Waals surface area contributed by atoms with E-state index < -0.39 is 48.4 Å². The lowest BCUT2D eigenvalue weighted by Crippen LogP contribution is -2.51. The molecule has 0 aliphatic carbocycles. The van der Waals surface area contributed by atoms with Crippen molar-refractivity contribution in [1.29, 1.82) is 0 Å². The lowest BCUT2D eigenvalue weighted by atomic mass is 10.1. The zero-order valence-corrected chi connectivity index (χ0v) is 19.6. The van der Waals surface area contributed by atoms with Gasteiger partial charge in [-0.05, 0) is 32.0 Å². The van der Waals surface area contributed by atoms with Crippen molar-refractivity contribution in [3.8, 4) is 0 Å². The molecule has 3 unspecified atom stereocenters. The van der Waals surface area contributed by atoms with Crippen LogP contribution in [0.15, 0.2) is 18.2 Å². The molecular formula is C22H33N5O8. The zero-order valence-electron chi connectivity index (χ0n) is 19.6. The van der Waals surface area contributed by atoms with Gasteiger partial charge in [0.1, 0.15) is 18.1 Å². The lowest BCUT2D eigenvalue weighted by Gasteiger charge is -2.35. The average Bonchev–Trinajstić information content (AvgIpc) is 2.78. The Bertz CT molecular complexity index is 914. The third kappa shape index (κ3) is 8.24. The molecule has 35 heavy (non-hydrogen) atoms. The summed E-state index contributed by atoms with van der Waals surface area (Å²) in [6.07, 6.45) is -0.427. The van der Waals surface area contributed by atoms with Crippen molar-refractivity contribution in [3.63, 3.8) is 0 Å². The van der Waals surface area contributed by atoms with Crippen molar-refractivity contribution in [2.45, 2.75) is 51.0 Å². The van der Waals surface area contributed by atoms with Crippen molar-refractivity contribution in [1.82, 2.24) is 19.7 Å². The molecule has 0 amide bonds. The summed E-state index contributed by atoms with van der Waals surface area (Å²) in [7, 11) is 0. The van der Waals surface area contributed by atoms with Crippen LogP contribution in [0, 0.1) is 0 Å². The van der Waals surface area contributed by atoms with Gasteiger partial charge >= 0.3 is 23.9 Å². The van der Waals surface area contributed by atoms with Crippen LogP contribution in [0.25, 0.3) is 0 Å². The lowest BCUT2D eigenvalue weighted by molar-refractivity contribution is -0.150. The number of aliphatic carboxylic acids is 4. The third-order valence-corrected chi connectivity index (χ3v) is 6.11. The minimum Gasteiger partial charge on any atom is -0.481 e. The summed E-state index contributed by atoms with van der Waals surface area (Å²) in [5.41, 5.74) is 6.68. The van der Waals surface area contributed by atoms with Gasteiger partial charge in [0.2, 0.25) is 0 Å². The number of carboxylic acid groups (broad SMARTS) is 4. The summed E-state index contributed by atoms with van der Waals surface area (Å²) in [6, 6.07) is 1.97. The second kappa shape index (κ2) is 13.1. The Hall–Kier alpha value is -3.13. The van der Waals surface area contributed by atoms with Crippen LogP contribution in [-0.2, 0) is 32.3 Å². The number of fused-ring (bicyclic) bond motifs is 2. The standard InChI is InChI=1S/C22H33N5O8/c1-14(20(30)31)25-7-9-26(17(5-6-23)21(32)33)12-15-3-2-4-16(24-15)13-27(10-8-25)18(22(34)35)11-19(28)29/h2-4,14,17-18H,5-13,23H2,1H3,(H,28,29)(H,30,31)(H,32,33)(H,34,35). The van der Waals surface area contributed by atoms with Crippen LogP contribution < -0.4 is 5.73 Å². The molecule has 0 aromatic carbocycles. The van der Waals surface area contributed by atoms with Crippen molar-refractivity contribution in [2.75, 3.05) is 32.7 Å². The average molecular weight is 496 g/mol. The predicted octanol–water partition coefficient (Wildman–Crippen LogP) is -0.796. The van der Waals surface area contributed by atoms with E-state index in [2.05, 4.69) is 4.98 Å². The number of hydrogen-bond acceptors (Lipinski definition) is 9. The predicted molar refractivity (Wildman–Crippen MR) is 122 cm³/mol. The Morgan fingerprint density at radius 3 is 1.77 bits per heavy atom. The van der Waals surface area contributed by atoms with Crippen LogP contribution in [0.5, 0.6) is 0 Å². The maximum absolute atomic E-state index is 11.9. The smallest absolute Gasteiger partial charge is 0.321 e. The third-order valence-electron chi connectivity index (χ3n) is 6.11. The SMILES string of the molecule is CC(C(=O)O)N1CCN(C(CCN)C(=O)O)Cc2cccc(n2)CN(C(CC(=O)O)C(=O)O)CC1. The molecule has 0 spiro atoms. The van der Waals surface area contributed by atoms with E-state index in [0.717, 1.165) is 0 Å². The van der Waals surface area contributed by atoms with E-state index >= 15 is 0 Å². The number of hydrogen-bond donors (Lipinski definition) is 5. The van der Waals surface area contributed by atoms with Crippen LogP contribution in [0.2, 0.25) is 0 Å². The fourth-order valence-electron chi connectivity index (χ4n) is 4.14. The monoisotopic (exact) mass is 495 g/mol. The van der Waals surface area contributed by atoms with Gasteiger partial charge in [-0.25, -0.2) is 0 Å². The fourth-order valence-corrected chi connectivity index (χ4v) is 4.14. The Morgan fingerprint density at radius 1 is 0.857 bits per heavy atom. The van der Waals surface area contributed by atoms with Gasteiger partial charge in [-0.15, -0.1) is 0 Å². The highest BCUT2D eigenvalue weighted by Gasteiger charge is 2.32. The first-order valence-corrected chi connectivity index (χ1v) is 11.3. The van der Waals surface area contributed by atoms with Gasteiger partial charge < -0.3 is 26.2 Å². The first-order valence-electron chi connectivity index (χ1n) is 11.3. The summed E-state index contributed by atoms with van der Waals surface area (Å²) in [4.78, 5) is 56.3. The van der Waals surface area contributed by atoms with E-state index in [1.54, 1.807) is 28.0 Å². The first-order chi connectivity index (χ1) is 16.5. The van der Waals surface area contributed by atoms with Crippen LogP contribution in [0.4, 0.5) is 0 Å². The molecule has 1 aliphatic heterocycles. The number of aromatic nitrogens is 1. The van der Waals surface area contributed by atoms with E-state index in [0.29, 0.717) is 11.4 Å². The molecule has 2 rings (SSSR count). The van der Waals surface area contributed by atoms with Gasteiger partial charge in [0.15, 0.2) is 0 Å². The van der Waals surface area contributed by atoms with Gasteiger partial charge in [0, 0.05) is 39.3 Å². The largest absolute Gasteiger partial charge is 0.481 e. The van der Waals surface area contributed by atoms with Gasteiger partial charge in [-0.2, -0.15) is 0 Å². The normalized spacial score (nSPS) is 19.0. The summed E-state index contributed by atoms with van der Waals surface area (Å²) in [5, 5.41) is 38.3. The van der Waals surface area contributed by atoms with E-state index in [1.165, 1.54) is 11.8 Å². The Labute approximate surface area is 202 Å². The molecule has 0 radical (unpaired) electrons. The molecule has 1 aromatic heterocycles. The van der Waals surface area contributed by atoms with E-state index in [-0.39, 0.29) is 52.2 Å². The van der Waals surface area contributed by atoms with Crippen molar-refractivity contribution >= 4 is 23.9 Å². The Morgan fingerprint density at radius 2 is 1.34 bits per heavy atom. The molecule has 6 N–H and O–H groups in total. The van der Waals surface area contributed by atoms with Gasteiger partial charge in [-0.3, -0.25) is 38.9 Å². The molecule has 1 aromatic rings. The number of nitrogens with zero attached hydrogens (tertiary/aromatic N) is 4. The van der Waals surface area contributed by atoms with Crippen LogP contribution in [0.3, 0.4) is 0 Å². The van der Waals surface area contributed by atoms with E-state index in [1.807, 2.05) is 0 Å². The molecule has 13 nitrogen and oxygen atoms in total. The number of carbonyl (C=O) groups is 4. The molecule has 0 saturated carbocycles. The highest BCUT2D eigenvalue weighted by molar-refractivity contribution is 5.80. The molecule has 194 valence electrons. The second-order valence-electron chi connectivity index (χ2n) is 8.49. The molecule has 0 saturated heterocycles. The van der Waals surface area contributed by atoms with Crippen LogP contribution >= 0.6 is 0 Å². The number of nitrogens with two attached hydrogens (primary N) is 1. The first kappa shape index (κ1) is 28.1. The summed E-state index contributed by atoms with van der Waals surface area (Å²) < 4.78 is 0. The van der Waals surface area contributed by atoms with Crippen LogP contribution in [-0.4, -0.2) is 115 Å². The molecule has 2 heterocycles. The van der Waals surface area contributed by atoms with Crippen molar-refractivity contribution in [3.05, 3.63) is 29.6 Å². The fraction of sp³-hybridized carbons (Fsp3) is 0.591. The van der Waals surface area contributed by atoms with Gasteiger partial charge in [0.05, 0.1) is 17.8 Å². The molecule has 2 bridgehead atoms. The van der Waals surface area contributed by atoms with E-state index in [4.69, 9.17) is 5.73 Å². The Balaban J connectivity index is 2.48. The van der Waals surface area contributed by atoms with Crippen LogP contribution in [0.1, 0.15) is 31.2 Å². The minimum absolute atomic E-state index is 0.0263.